The summed E-state index contributed by atoms with van der Waals surface area (Å²) < 4.78 is 56.0. The molecule has 1 fully saturated rings. The van der Waals surface area contributed by atoms with Crippen LogP contribution in [0.3, 0.4) is 0 Å². The van der Waals surface area contributed by atoms with Crippen molar-refractivity contribution in [1.29, 1.82) is 0 Å². The van der Waals surface area contributed by atoms with Crippen molar-refractivity contribution in [3.05, 3.63) is 89.0 Å². The molecule has 2 aliphatic rings. The number of carbonyl (C=O) groups excluding carboxylic acids is 2. The summed E-state index contributed by atoms with van der Waals surface area (Å²) in [5.74, 6) is -1.33. The fourth-order valence-electron chi connectivity index (χ4n) is 4.23. The molecule has 0 aromatic heterocycles. The van der Waals surface area contributed by atoms with Crippen molar-refractivity contribution >= 4 is 23.1 Å². The van der Waals surface area contributed by atoms with Crippen LogP contribution >= 0.6 is 0 Å². The van der Waals surface area contributed by atoms with Gasteiger partial charge in [-0.25, -0.2) is 0 Å². The van der Waals surface area contributed by atoms with Gasteiger partial charge in [0.1, 0.15) is 11.5 Å². The van der Waals surface area contributed by atoms with Crippen LogP contribution in [0.2, 0.25) is 0 Å². The summed E-state index contributed by atoms with van der Waals surface area (Å²) in [5.41, 5.74) is -0.834. The number of amides is 1. The summed E-state index contributed by atoms with van der Waals surface area (Å²) in [6.45, 7) is -0.00860. The number of aliphatic hydroxyl groups excluding tert-OH is 1. The Morgan fingerprint density at radius 1 is 1.00 bits per heavy atom. The van der Waals surface area contributed by atoms with Crippen LogP contribution in [0.15, 0.2) is 72.3 Å². The van der Waals surface area contributed by atoms with E-state index in [1.54, 1.807) is 30.3 Å². The molecule has 1 atom stereocenters. The van der Waals surface area contributed by atoms with Gasteiger partial charge in [0.25, 0.3) is 11.7 Å². The second kappa shape index (κ2) is 8.63. The molecule has 1 saturated heterocycles. The monoisotopic (exact) mass is 497 g/mol. The highest BCUT2D eigenvalue weighted by Crippen LogP contribution is 2.44. The van der Waals surface area contributed by atoms with E-state index in [1.807, 2.05) is 0 Å². The summed E-state index contributed by atoms with van der Waals surface area (Å²) in [6.07, 6.45) is -4.66. The zero-order chi connectivity index (χ0) is 25.6. The number of carbonyl (C=O) groups is 2. The number of nitrogens with zero attached hydrogens (tertiary/aromatic N) is 1. The first kappa shape index (κ1) is 23.3. The molecule has 1 amide bonds. The summed E-state index contributed by atoms with van der Waals surface area (Å²) in [6, 6.07) is 13.7. The SMILES string of the molecule is COc1ccc(C2/C(=C(/O)c3ccc4c(c3)OCO4)C(=O)C(=O)N2c2cccc(C(F)(F)F)c2)cc1. The Balaban J connectivity index is 1.69. The van der Waals surface area contributed by atoms with Gasteiger partial charge in [-0.05, 0) is 54.1 Å². The Hall–Kier alpha value is -4.47. The van der Waals surface area contributed by atoms with Gasteiger partial charge in [0, 0.05) is 11.3 Å². The predicted molar refractivity (Wildman–Crippen MR) is 122 cm³/mol. The van der Waals surface area contributed by atoms with Crippen LogP contribution in [0, 0.1) is 0 Å². The summed E-state index contributed by atoms with van der Waals surface area (Å²) in [7, 11) is 1.46. The van der Waals surface area contributed by atoms with Crippen LogP contribution in [0.5, 0.6) is 17.2 Å². The summed E-state index contributed by atoms with van der Waals surface area (Å²) in [4.78, 5) is 27.4. The number of hydrogen-bond donors (Lipinski definition) is 1. The Morgan fingerprint density at radius 3 is 2.42 bits per heavy atom. The molecule has 184 valence electrons. The molecule has 10 heteroatoms. The van der Waals surface area contributed by atoms with E-state index >= 15 is 0 Å². The minimum atomic E-state index is -4.66. The van der Waals surface area contributed by atoms with Gasteiger partial charge in [-0.3, -0.25) is 14.5 Å². The lowest BCUT2D eigenvalue weighted by Gasteiger charge is -2.26. The van der Waals surface area contributed by atoms with E-state index in [0.717, 1.165) is 23.1 Å². The Bertz CT molecular complexity index is 1400. The van der Waals surface area contributed by atoms with E-state index in [0.29, 0.717) is 22.8 Å². The number of ketones is 1. The number of anilines is 1. The number of benzene rings is 3. The highest BCUT2D eigenvalue weighted by atomic mass is 19.4. The molecule has 0 saturated carbocycles. The van der Waals surface area contributed by atoms with Gasteiger partial charge in [0.15, 0.2) is 11.5 Å². The molecule has 0 radical (unpaired) electrons. The van der Waals surface area contributed by atoms with Crippen LogP contribution < -0.4 is 19.1 Å². The number of halogens is 3. The van der Waals surface area contributed by atoms with Crippen molar-refractivity contribution in [1.82, 2.24) is 0 Å². The first-order valence-electron chi connectivity index (χ1n) is 10.7. The topological polar surface area (TPSA) is 85.3 Å². The van der Waals surface area contributed by atoms with Crippen molar-refractivity contribution in [3.8, 4) is 17.2 Å². The van der Waals surface area contributed by atoms with Gasteiger partial charge in [0.2, 0.25) is 6.79 Å². The van der Waals surface area contributed by atoms with E-state index in [2.05, 4.69) is 0 Å². The van der Waals surface area contributed by atoms with Gasteiger partial charge in [0.05, 0.1) is 24.3 Å². The van der Waals surface area contributed by atoms with E-state index < -0.39 is 35.2 Å². The predicted octanol–water partition coefficient (Wildman–Crippen LogP) is 5.07. The molecule has 1 unspecified atom stereocenters. The van der Waals surface area contributed by atoms with E-state index in [-0.39, 0.29) is 23.6 Å². The molecule has 0 spiro atoms. The molecule has 3 aromatic carbocycles. The minimum absolute atomic E-state index is 0.00860. The Kier molecular flexibility index (Phi) is 5.58. The Morgan fingerprint density at radius 2 is 1.72 bits per heavy atom. The van der Waals surface area contributed by atoms with Crippen molar-refractivity contribution in [2.24, 2.45) is 0 Å². The van der Waals surface area contributed by atoms with E-state index in [1.165, 1.54) is 25.3 Å². The maximum Gasteiger partial charge on any atom is 0.416 e. The van der Waals surface area contributed by atoms with Gasteiger partial charge in [-0.2, -0.15) is 13.2 Å². The maximum atomic E-state index is 13.4. The second-order valence-corrected chi connectivity index (χ2v) is 8.06. The quantitative estimate of drug-likeness (QED) is 0.308. The fraction of sp³-hybridized carbons (Fsp3) is 0.154. The molecule has 36 heavy (non-hydrogen) atoms. The smallest absolute Gasteiger partial charge is 0.416 e. The van der Waals surface area contributed by atoms with Gasteiger partial charge in [-0.15, -0.1) is 0 Å². The lowest BCUT2D eigenvalue weighted by atomic mass is 9.95. The summed E-state index contributed by atoms with van der Waals surface area (Å²) >= 11 is 0. The minimum Gasteiger partial charge on any atom is -0.507 e. The van der Waals surface area contributed by atoms with Crippen LogP contribution in [-0.4, -0.2) is 30.7 Å². The van der Waals surface area contributed by atoms with Gasteiger partial charge >= 0.3 is 6.18 Å². The van der Waals surface area contributed by atoms with Crippen LogP contribution in [0.25, 0.3) is 5.76 Å². The van der Waals surface area contributed by atoms with Crippen LogP contribution in [-0.2, 0) is 15.8 Å². The molecule has 1 N–H and O–H groups in total. The average molecular weight is 497 g/mol. The molecule has 5 rings (SSSR count). The maximum absolute atomic E-state index is 13.4. The van der Waals surface area contributed by atoms with E-state index in [4.69, 9.17) is 14.2 Å². The highest BCUT2D eigenvalue weighted by Gasteiger charge is 2.47. The van der Waals surface area contributed by atoms with Gasteiger partial charge < -0.3 is 19.3 Å². The number of methoxy groups -OCH3 is 1. The van der Waals surface area contributed by atoms with Crippen LogP contribution in [0.4, 0.5) is 18.9 Å². The highest BCUT2D eigenvalue weighted by molar-refractivity contribution is 6.51. The standard InChI is InChI=1S/C26H18F3NO6/c1-34-18-8-5-14(6-9-18)22-21(23(31)15-7-10-19-20(11-15)36-13-35-19)24(32)25(33)30(22)17-4-2-3-16(12-17)26(27,28)29/h2-12,22,31H,13H2,1H3/b23-21-. The zero-order valence-corrected chi connectivity index (χ0v) is 18.7. The van der Waals surface area contributed by atoms with Crippen LogP contribution in [0.1, 0.15) is 22.7 Å². The van der Waals surface area contributed by atoms with Crippen molar-refractivity contribution in [2.45, 2.75) is 12.2 Å². The Labute approximate surface area is 202 Å². The number of rotatable bonds is 4. The number of aliphatic hydroxyl groups is 1. The zero-order valence-electron chi connectivity index (χ0n) is 18.7. The van der Waals surface area contributed by atoms with E-state index in [9.17, 15) is 27.9 Å². The normalized spacial score (nSPS) is 18.6. The number of hydrogen-bond acceptors (Lipinski definition) is 6. The first-order valence-corrected chi connectivity index (χ1v) is 10.7. The summed E-state index contributed by atoms with van der Waals surface area (Å²) in [5, 5.41) is 11.2. The number of ether oxygens (including phenoxy) is 3. The van der Waals surface area contributed by atoms with Crippen molar-refractivity contribution in [3.63, 3.8) is 0 Å². The molecule has 7 nitrogen and oxygen atoms in total. The molecular weight excluding hydrogens is 479 g/mol. The first-order chi connectivity index (χ1) is 17.2. The molecule has 3 aromatic rings. The van der Waals surface area contributed by atoms with Gasteiger partial charge in [-0.1, -0.05) is 18.2 Å². The molecule has 0 bridgehead atoms. The fourth-order valence-corrected chi connectivity index (χ4v) is 4.23. The second-order valence-electron chi connectivity index (χ2n) is 8.06. The number of fused-ring (bicyclic) bond motifs is 1. The van der Waals surface area contributed by atoms with Crippen molar-refractivity contribution in [2.75, 3.05) is 18.8 Å². The third-order valence-corrected chi connectivity index (χ3v) is 5.97. The molecule has 2 heterocycles. The number of alkyl halides is 3. The third kappa shape index (κ3) is 3.90. The third-order valence-electron chi connectivity index (χ3n) is 5.97. The lowest BCUT2D eigenvalue weighted by Crippen LogP contribution is -2.29. The largest absolute Gasteiger partial charge is 0.507 e. The lowest BCUT2D eigenvalue weighted by molar-refractivity contribution is -0.137. The molecule has 2 aliphatic heterocycles. The average Bonchev–Trinajstić information content (AvgIpc) is 3.45. The molecular formula is C26H18F3NO6. The van der Waals surface area contributed by atoms with Crippen molar-refractivity contribution < 1.29 is 42.1 Å². The number of Topliss-reactive ketones (excluding diaryl/α,β-unsaturated/α-hetero) is 1. The molecule has 0 aliphatic carbocycles.